The lowest BCUT2D eigenvalue weighted by Gasteiger charge is -2.07. The van der Waals surface area contributed by atoms with Crippen LogP contribution < -0.4 is 0 Å². The van der Waals surface area contributed by atoms with Crippen LogP contribution in [0.15, 0.2) is 42.7 Å². The fourth-order valence-corrected chi connectivity index (χ4v) is 1.64. The van der Waals surface area contributed by atoms with Gasteiger partial charge in [-0.05, 0) is 11.6 Å². The minimum atomic E-state index is -1.04. The molecule has 4 heteroatoms. The van der Waals surface area contributed by atoms with Gasteiger partial charge in [-0.1, -0.05) is 24.3 Å². The molecule has 1 N–H and O–H groups in total. The fourth-order valence-electron chi connectivity index (χ4n) is 1.64. The monoisotopic (exact) mass is 227 g/mol. The van der Waals surface area contributed by atoms with Gasteiger partial charge in [-0.3, -0.25) is 9.78 Å². The van der Waals surface area contributed by atoms with Gasteiger partial charge in [0.15, 0.2) is 6.29 Å². The predicted molar refractivity (Wildman–Crippen MR) is 62.0 cm³/mol. The lowest BCUT2D eigenvalue weighted by atomic mass is 9.98. The zero-order valence-corrected chi connectivity index (χ0v) is 8.83. The Morgan fingerprint density at radius 2 is 1.94 bits per heavy atom. The van der Waals surface area contributed by atoms with Crippen LogP contribution in [0.2, 0.25) is 0 Å². The van der Waals surface area contributed by atoms with Crippen LogP contribution in [0.25, 0.3) is 11.1 Å². The summed E-state index contributed by atoms with van der Waals surface area (Å²) >= 11 is 0. The lowest BCUT2D eigenvalue weighted by Crippen LogP contribution is -2.01. The summed E-state index contributed by atoms with van der Waals surface area (Å²) in [5.74, 6) is -1.04. The van der Waals surface area contributed by atoms with Crippen LogP contribution in [0.1, 0.15) is 20.7 Å². The maximum absolute atomic E-state index is 11.1. The Kier molecular flexibility index (Phi) is 2.96. The second-order valence-corrected chi connectivity index (χ2v) is 3.43. The number of hydrogen-bond acceptors (Lipinski definition) is 3. The van der Waals surface area contributed by atoms with Gasteiger partial charge < -0.3 is 5.11 Å². The van der Waals surface area contributed by atoms with Gasteiger partial charge in [0.1, 0.15) is 0 Å². The number of pyridine rings is 1. The Balaban J connectivity index is 2.68. The number of nitrogens with zero attached hydrogens (tertiary/aromatic N) is 1. The van der Waals surface area contributed by atoms with Crippen molar-refractivity contribution >= 4 is 12.3 Å². The maximum atomic E-state index is 11.1. The molecule has 2 rings (SSSR count). The number of hydrogen-bond donors (Lipinski definition) is 1. The highest BCUT2D eigenvalue weighted by atomic mass is 16.4. The number of carboxylic acid groups (broad SMARTS) is 1. The molecule has 1 heterocycles. The van der Waals surface area contributed by atoms with Crippen LogP contribution in [-0.4, -0.2) is 22.3 Å². The average molecular weight is 227 g/mol. The van der Waals surface area contributed by atoms with Crippen molar-refractivity contribution in [3.05, 3.63) is 53.9 Å². The molecule has 0 radical (unpaired) electrons. The second-order valence-electron chi connectivity index (χ2n) is 3.43. The third-order valence-electron chi connectivity index (χ3n) is 2.43. The van der Waals surface area contributed by atoms with Crippen molar-refractivity contribution < 1.29 is 14.7 Å². The number of benzene rings is 1. The SMILES string of the molecule is O=Cc1ccccc1-c1cnccc1C(=O)O. The molecular weight excluding hydrogens is 218 g/mol. The predicted octanol–water partition coefficient (Wildman–Crippen LogP) is 2.26. The van der Waals surface area contributed by atoms with Gasteiger partial charge in [0.2, 0.25) is 0 Å². The van der Waals surface area contributed by atoms with E-state index in [1.165, 1.54) is 18.5 Å². The van der Waals surface area contributed by atoms with Gasteiger partial charge in [-0.15, -0.1) is 0 Å². The van der Waals surface area contributed by atoms with Crippen molar-refractivity contribution in [2.45, 2.75) is 0 Å². The quantitative estimate of drug-likeness (QED) is 0.816. The molecule has 0 amide bonds. The van der Waals surface area contributed by atoms with E-state index in [1.807, 2.05) is 0 Å². The van der Waals surface area contributed by atoms with E-state index in [0.29, 0.717) is 23.0 Å². The van der Waals surface area contributed by atoms with Crippen LogP contribution in [0.4, 0.5) is 0 Å². The summed E-state index contributed by atoms with van der Waals surface area (Å²) in [4.78, 5) is 25.9. The number of carbonyl (C=O) groups is 2. The number of aromatic carboxylic acids is 1. The van der Waals surface area contributed by atoms with E-state index in [2.05, 4.69) is 4.98 Å². The van der Waals surface area contributed by atoms with Gasteiger partial charge in [-0.25, -0.2) is 4.79 Å². The van der Waals surface area contributed by atoms with Gasteiger partial charge in [-0.2, -0.15) is 0 Å². The van der Waals surface area contributed by atoms with Crippen molar-refractivity contribution in [2.75, 3.05) is 0 Å². The van der Waals surface area contributed by atoms with Crippen molar-refractivity contribution in [3.63, 3.8) is 0 Å². The van der Waals surface area contributed by atoms with E-state index < -0.39 is 5.97 Å². The summed E-state index contributed by atoms with van der Waals surface area (Å²) in [6.07, 6.45) is 3.57. The van der Waals surface area contributed by atoms with Crippen molar-refractivity contribution in [3.8, 4) is 11.1 Å². The van der Waals surface area contributed by atoms with E-state index >= 15 is 0 Å². The molecule has 0 saturated heterocycles. The molecule has 0 aliphatic heterocycles. The average Bonchev–Trinajstić information content (AvgIpc) is 2.38. The Bertz CT molecular complexity index is 578. The van der Waals surface area contributed by atoms with Crippen LogP contribution in [0.5, 0.6) is 0 Å². The molecule has 17 heavy (non-hydrogen) atoms. The summed E-state index contributed by atoms with van der Waals surface area (Å²) in [5, 5.41) is 9.07. The highest BCUT2D eigenvalue weighted by molar-refractivity contribution is 5.98. The number of aromatic nitrogens is 1. The molecule has 2 aromatic rings. The molecule has 84 valence electrons. The molecule has 1 aromatic heterocycles. The van der Waals surface area contributed by atoms with Crippen molar-refractivity contribution in [1.29, 1.82) is 0 Å². The first-order valence-corrected chi connectivity index (χ1v) is 4.96. The third kappa shape index (κ3) is 2.06. The topological polar surface area (TPSA) is 67.3 Å². The van der Waals surface area contributed by atoms with Crippen LogP contribution >= 0.6 is 0 Å². The van der Waals surface area contributed by atoms with Gasteiger partial charge in [0.05, 0.1) is 5.56 Å². The minimum absolute atomic E-state index is 0.134. The lowest BCUT2D eigenvalue weighted by molar-refractivity contribution is 0.0697. The van der Waals surface area contributed by atoms with Gasteiger partial charge >= 0.3 is 5.97 Å². The Morgan fingerprint density at radius 3 is 2.65 bits per heavy atom. The van der Waals surface area contributed by atoms with Crippen LogP contribution in [0, 0.1) is 0 Å². The maximum Gasteiger partial charge on any atom is 0.336 e. The largest absolute Gasteiger partial charge is 0.478 e. The summed E-state index contributed by atoms with van der Waals surface area (Å²) in [6.45, 7) is 0. The molecule has 0 bridgehead atoms. The van der Waals surface area contributed by atoms with E-state index in [4.69, 9.17) is 5.11 Å². The van der Waals surface area contributed by atoms with Gasteiger partial charge in [0, 0.05) is 23.5 Å². The van der Waals surface area contributed by atoms with E-state index in [-0.39, 0.29) is 5.56 Å². The summed E-state index contributed by atoms with van der Waals surface area (Å²) in [6, 6.07) is 8.23. The normalized spacial score (nSPS) is 9.88. The highest BCUT2D eigenvalue weighted by Gasteiger charge is 2.13. The van der Waals surface area contributed by atoms with E-state index in [9.17, 15) is 9.59 Å². The minimum Gasteiger partial charge on any atom is -0.478 e. The van der Waals surface area contributed by atoms with Crippen molar-refractivity contribution in [1.82, 2.24) is 4.98 Å². The zero-order valence-electron chi connectivity index (χ0n) is 8.83. The first-order chi connectivity index (χ1) is 8.24. The van der Waals surface area contributed by atoms with E-state index in [0.717, 1.165) is 0 Å². The number of aldehydes is 1. The molecule has 0 atom stereocenters. The van der Waals surface area contributed by atoms with E-state index in [1.54, 1.807) is 24.3 Å². The van der Waals surface area contributed by atoms with Crippen LogP contribution in [0.3, 0.4) is 0 Å². The van der Waals surface area contributed by atoms with Gasteiger partial charge in [0.25, 0.3) is 0 Å². The summed E-state index contributed by atoms with van der Waals surface area (Å²) < 4.78 is 0. The summed E-state index contributed by atoms with van der Waals surface area (Å²) in [7, 11) is 0. The first-order valence-electron chi connectivity index (χ1n) is 4.96. The molecule has 0 aliphatic rings. The molecule has 0 aliphatic carbocycles. The number of carboxylic acids is 1. The highest BCUT2D eigenvalue weighted by Crippen LogP contribution is 2.25. The standard InChI is InChI=1S/C13H9NO3/c15-8-9-3-1-2-4-10(9)12-7-14-6-5-11(12)13(16)17/h1-8H,(H,16,17). The second kappa shape index (κ2) is 4.57. The smallest absolute Gasteiger partial charge is 0.336 e. The Labute approximate surface area is 97.6 Å². The molecule has 0 fully saturated rings. The molecule has 0 spiro atoms. The molecule has 0 unspecified atom stereocenters. The van der Waals surface area contributed by atoms with Crippen LogP contribution in [-0.2, 0) is 0 Å². The molecule has 0 saturated carbocycles. The first kappa shape index (κ1) is 11.0. The Hall–Kier alpha value is -2.49. The Morgan fingerprint density at radius 1 is 1.18 bits per heavy atom. The zero-order chi connectivity index (χ0) is 12.3. The van der Waals surface area contributed by atoms with Crippen molar-refractivity contribution in [2.24, 2.45) is 0 Å². The number of rotatable bonds is 3. The molecule has 4 nitrogen and oxygen atoms in total. The molecule has 1 aromatic carbocycles. The fraction of sp³-hybridized carbons (Fsp3) is 0. The third-order valence-corrected chi connectivity index (χ3v) is 2.43. The summed E-state index contributed by atoms with van der Waals surface area (Å²) in [5.41, 5.74) is 1.60. The molecular formula is C13H9NO3. The number of carbonyl (C=O) groups excluding carboxylic acids is 1.